The highest BCUT2D eigenvalue weighted by Crippen LogP contribution is 2.32. The molecule has 21 heavy (non-hydrogen) atoms. The maximum Gasteiger partial charge on any atom is 0.165 e. The molecule has 0 amide bonds. The van der Waals surface area contributed by atoms with Crippen molar-refractivity contribution in [3.63, 3.8) is 0 Å². The second-order valence-corrected chi connectivity index (χ2v) is 6.56. The van der Waals surface area contributed by atoms with E-state index in [0.717, 1.165) is 11.1 Å². The predicted octanol–water partition coefficient (Wildman–Crippen LogP) is 5.46. The van der Waals surface area contributed by atoms with Crippen LogP contribution in [0.1, 0.15) is 42.8 Å². The first-order valence-electron chi connectivity index (χ1n) is 6.91. The van der Waals surface area contributed by atoms with Crippen molar-refractivity contribution in [2.75, 3.05) is 7.11 Å². The summed E-state index contributed by atoms with van der Waals surface area (Å²) >= 11 is 6.46. The number of alkyl halides is 1. The summed E-state index contributed by atoms with van der Waals surface area (Å²) in [7, 11) is 1.45. The molecule has 1 nitrogen and oxygen atoms in total. The van der Waals surface area contributed by atoms with Gasteiger partial charge < -0.3 is 4.74 Å². The largest absolute Gasteiger partial charge is 0.494 e. The van der Waals surface area contributed by atoms with Crippen molar-refractivity contribution in [1.82, 2.24) is 0 Å². The fourth-order valence-electron chi connectivity index (χ4n) is 2.18. The number of benzene rings is 2. The van der Waals surface area contributed by atoms with E-state index < -0.39 is 5.82 Å². The van der Waals surface area contributed by atoms with Crippen molar-refractivity contribution in [2.24, 2.45) is 0 Å². The Morgan fingerprint density at radius 2 is 1.57 bits per heavy atom. The van der Waals surface area contributed by atoms with Crippen LogP contribution in [0.15, 0.2) is 42.5 Å². The van der Waals surface area contributed by atoms with Gasteiger partial charge in [0.05, 0.1) is 12.5 Å². The van der Waals surface area contributed by atoms with Gasteiger partial charge in [-0.3, -0.25) is 0 Å². The number of hydrogen-bond acceptors (Lipinski definition) is 1. The molecule has 2 aromatic rings. The summed E-state index contributed by atoms with van der Waals surface area (Å²) < 4.78 is 18.7. The topological polar surface area (TPSA) is 9.23 Å². The molecule has 0 aromatic heterocycles. The predicted molar refractivity (Wildman–Crippen MR) is 85.8 cm³/mol. The molecule has 0 aliphatic heterocycles. The number of rotatable bonds is 3. The van der Waals surface area contributed by atoms with E-state index in [4.69, 9.17) is 16.3 Å². The van der Waals surface area contributed by atoms with Crippen LogP contribution in [0.2, 0.25) is 0 Å². The third kappa shape index (κ3) is 3.56. The van der Waals surface area contributed by atoms with Gasteiger partial charge in [-0.25, -0.2) is 4.39 Å². The lowest BCUT2D eigenvalue weighted by atomic mass is 9.86. The summed E-state index contributed by atoms with van der Waals surface area (Å²) in [5, 5.41) is -0.376. The molecular formula is C18H20ClFO. The zero-order valence-corrected chi connectivity index (χ0v) is 13.5. The summed E-state index contributed by atoms with van der Waals surface area (Å²) in [5.74, 6) is -0.169. The summed E-state index contributed by atoms with van der Waals surface area (Å²) in [4.78, 5) is 0. The summed E-state index contributed by atoms with van der Waals surface area (Å²) in [6.45, 7) is 6.50. The average molecular weight is 307 g/mol. The maximum atomic E-state index is 13.8. The Morgan fingerprint density at radius 3 is 2.05 bits per heavy atom. The Kier molecular flexibility index (Phi) is 4.58. The first kappa shape index (κ1) is 15.8. The second kappa shape index (κ2) is 6.07. The molecule has 0 radical (unpaired) electrons. The number of ether oxygens (including phenoxy) is 1. The van der Waals surface area contributed by atoms with Crippen LogP contribution in [0.4, 0.5) is 4.39 Å². The summed E-state index contributed by atoms with van der Waals surface area (Å²) in [6.07, 6.45) is 0. The average Bonchev–Trinajstić information content (AvgIpc) is 2.45. The Balaban J connectivity index is 2.27. The standard InChI is InChI=1S/C18H20ClFO/c1-18(2,3)14-8-5-12(6-9-14)17(19)13-7-10-16(21-4)15(20)11-13/h5-11,17H,1-4H3. The van der Waals surface area contributed by atoms with Gasteiger partial charge in [0.25, 0.3) is 0 Å². The van der Waals surface area contributed by atoms with Crippen LogP contribution in [0.3, 0.4) is 0 Å². The third-order valence-electron chi connectivity index (χ3n) is 3.54. The zero-order chi connectivity index (χ0) is 15.6. The molecule has 0 saturated heterocycles. The van der Waals surface area contributed by atoms with Gasteiger partial charge in [0.15, 0.2) is 11.6 Å². The van der Waals surface area contributed by atoms with Gasteiger partial charge in [0, 0.05) is 0 Å². The molecular weight excluding hydrogens is 287 g/mol. The zero-order valence-electron chi connectivity index (χ0n) is 12.8. The molecule has 0 aliphatic rings. The van der Waals surface area contributed by atoms with E-state index in [1.807, 2.05) is 12.1 Å². The summed E-state index contributed by atoms with van der Waals surface area (Å²) in [5.41, 5.74) is 3.02. The lowest BCUT2D eigenvalue weighted by Crippen LogP contribution is -2.10. The highest BCUT2D eigenvalue weighted by molar-refractivity contribution is 6.22. The van der Waals surface area contributed by atoms with Crippen LogP contribution < -0.4 is 4.74 Å². The SMILES string of the molecule is COc1ccc(C(Cl)c2ccc(C(C)(C)C)cc2)cc1F. The van der Waals surface area contributed by atoms with E-state index in [9.17, 15) is 4.39 Å². The molecule has 0 bridgehead atoms. The summed E-state index contributed by atoms with van der Waals surface area (Å²) in [6, 6.07) is 13.0. The lowest BCUT2D eigenvalue weighted by molar-refractivity contribution is 0.386. The molecule has 2 rings (SSSR count). The van der Waals surface area contributed by atoms with E-state index in [0.29, 0.717) is 0 Å². The second-order valence-electron chi connectivity index (χ2n) is 6.13. The van der Waals surface area contributed by atoms with Gasteiger partial charge in [-0.15, -0.1) is 11.6 Å². The number of methoxy groups -OCH3 is 1. The lowest BCUT2D eigenvalue weighted by Gasteiger charge is -2.20. The highest BCUT2D eigenvalue weighted by Gasteiger charge is 2.16. The molecule has 0 heterocycles. The van der Waals surface area contributed by atoms with Crippen molar-refractivity contribution in [2.45, 2.75) is 31.6 Å². The molecule has 2 aromatic carbocycles. The molecule has 0 aliphatic carbocycles. The first-order chi connectivity index (χ1) is 9.82. The normalized spacial score (nSPS) is 13.0. The van der Waals surface area contributed by atoms with Gasteiger partial charge in [0.2, 0.25) is 0 Å². The molecule has 1 atom stereocenters. The van der Waals surface area contributed by atoms with Crippen molar-refractivity contribution in [1.29, 1.82) is 0 Å². The number of hydrogen-bond donors (Lipinski definition) is 0. The van der Waals surface area contributed by atoms with Crippen LogP contribution in [0.25, 0.3) is 0 Å². The van der Waals surface area contributed by atoms with E-state index in [1.54, 1.807) is 12.1 Å². The molecule has 0 spiro atoms. The molecule has 0 saturated carbocycles. The Morgan fingerprint density at radius 1 is 1.00 bits per heavy atom. The number of halogens is 2. The Hall–Kier alpha value is -1.54. The maximum absolute atomic E-state index is 13.8. The van der Waals surface area contributed by atoms with Gasteiger partial charge >= 0.3 is 0 Å². The van der Waals surface area contributed by atoms with Crippen LogP contribution in [-0.4, -0.2) is 7.11 Å². The monoisotopic (exact) mass is 306 g/mol. The van der Waals surface area contributed by atoms with E-state index >= 15 is 0 Å². The van der Waals surface area contributed by atoms with Crippen LogP contribution in [0.5, 0.6) is 5.75 Å². The van der Waals surface area contributed by atoms with Gasteiger partial charge in [-0.1, -0.05) is 51.1 Å². The van der Waals surface area contributed by atoms with E-state index in [-0.39, 0.29) is 16.5 Å². The van der Waals surface area contributed by atoms with E-state index in [1.165, 1.54) is 18.7 Å². The Labute approximate surface area is 130 Å². The van der Waals surface area contributed by atoms with E-state index in [2.05, 4.69) is 32.9 Å². The Bertz CT molecular complexity index is 614. The smallest absolute Gasteiger partial charge is 0.165 e. The first-order valence-corrected chi connectivity index (χ1v) is 7.34. The quantitative estimate of drug-likeness (QED) is 0.684. The fraction of sp³-hybridized carbons (Fsp3) is 0.333. The minimum absolute atomic E-state index is 0.104. The van der Waals surface area contributed by atoms with Gasteiger partial charge in [-0.2, -0.15) is 0 Å². The molecule has 1 unspecified atom stereocenters. The molecule has 112 valence electrons. The van der Waals surface area contributed by atoms with Crippen LogP contribution >= 0.6 is 11.6 Å². The molecule has 3 heteroatoms. The van der Waals surface area contributed by atoms with Crippen LogP contribution in [0, 0.1) is 5.82 Å². The molecule has 0 N–H and O–H groups in total. The highest BCUT2D eigenvalue weighted by atomic mass is 35.5. The van der Waals surface area contributed by atoms with Crippen molar-refractivity contribution < 1.29 is 9.13 Å². The fourth-order valence-corrected chi connectivity index (χ4v) is 2.47. The van der Waals surface area contributed by atoms with Gasteiger partial charge in [0.1, 0.15) is 0 Å². The minimum atomic E-state index is -0.396. The molecule has 0 fully saturated rings. The third-order valence-corrected chi connectivity index (χ3v) is 4.04. The van der Waals surface area contributed by atoms with Crippen molar-refractivity contribution >= 4 is 11.6 Å². The van der Waals surface area contributed by atoms with Crippen molar-refractivity contribution in [3.8, 4) is 5.75 Å². The van der Waals surface area contributed by atoms with Gasteiger partial charge in [-0.05, 0) is 34.2 Å². The van der Waals surface area contributed by atoms with Crippen molar-refractivity contribution in [3.05, 3.63) is 65.0 Å². The van der Waals surface area contributed by atoms with Crippen LogP contribution in [-0.2, 0) is 5.41 Å². The minimum Gasteiger partial charge on any atom is -0.494 e.